The number of hydrogen-bond donors (Lipinski definition) is 1. The zero-order chi connectivity index (χ0) is 16.2. The van der Waals surface area contributed by atoms with Gasteiger partial charge in [0.05, 0.1) is 6.04 Å². The van der Waals surface area contributed by atoms with Gasteiger partial charge in [-0.2, -0.15) is 0 Å². The van der Waals surface area contributed by atoms with Gasteiger partial charge in [0.25, 0.3) is 0 Å². The number of carbonyl (C=O) groups is 1. The van der Waals surface area contributed by atoms with E-state index in [9.17, 15) is 4.79 Å². The molecule has 1 saturated heterocycles. The van der Waals surface area contributed by atoms with E-state index < -0.39 is 0 Å². The van der Waals surface area contributed by atoms with Gasteiger partial charge < -0.3 is 15.0 Å². The molecule has 0 bridgehead atoms. The second kappa shape index (κ2) is 6.45. The topological polar surface area (TPSA) is 41.6 Å². The molecule has 0 aromatic heterocycles. The number of alkyl carbamates (subject to hydrolysis) is 1. The molecule has 2 aromatic rings. The molecule has 2 aromatic carbocycles. The second-order valence-corrected chi connectivity index (χ2v) is 5.62. The summed E-state index contributed by atoms with van der Waals surface area (Å²) in [7, 11) is 4.02. The van der Waals surface area contributed by atoms with E-state index in [0.717, 1.165) is 22.4 Å². The fourth-order valence-corrected chi connectivity index (χ4v) is 2.40. The maximum atomic E-state index is 11.1. The number of ether oxygens (including phenoxy) is 1. The molecule has 1 aliphatic rings. The molecule has 4 nitrogen and oxygen atoms in total. The van der Waals surface area contributed by atoms with Crippen LogP contribution in [0.15, 0.2) is 48.5 Å². The SMILES string of the molecule is CN(C)c1cccc(C#Cc2cccc([C@@H]3COC(=O)N3)c2)c1. The van der Waals surface area contributed by atoms with Crippen LogP contribution in [0.25, 0.3) is 0 Å². The second-order valence-electron chi connectivity index (χ2n) is 5.62. The van der Waals surface area contributed by atoms with Gasteiger partial charge in [0.15, 0.2) is 0 Å². The Balaban J connectivity index is 1.81. The third-order valence-electron chi connectivity index (χ3n) is 3.68. The number of hydrogen-bond acceptors (Lipinski definition) is 3. The summed E-state index contributed by atoms with van der Waals surface area (Å²) in [6.45, 7) is 0.362. The number of cyclic esters (lactones) is 1. The van der Waals surface area contributed by atoms with Crippen LogP contribution in [0.4, 0.5) is 10.5 Å². The first-order chi connectivity index (χ1) is 11.1. The molecule has 116 valence electrons. The smallest absolute Gasteiger partial charge is 0.407 e. The normalized spacial score (nSPS) is 16.1. The van der Waals surface area contributed by atoms with Gasteiger partial charge in [0.2, 0.25) is 0 Å². The number of rotatable bonds is 2. The Morgan fingerprint density at radius 1 is 1.09 bits per heavy atom. The standard InChI is InChI=1S/C19H18N2O2/c1-21(2)17-8-4-6-15(12-17)10-9-14-5-3-7-16(11-14)18-13-23-19(22)20-18/h3-8,11-12,18H,13H2,1-2H3,(H,20,22)/t18-/m0/s1. The fourth-order valence-electron chi connectivity index (χ4n) is 2.40. The minimum absolute atomic E-state index is 0.0960. The molecular weight excluding hydrogens is 288 g/mol. The van der Waals surface area contributed by atoms with Crippen molar-refractivity contribution in [1.29, 1.82) is 0 Å². The largest absolute Gasteiger partial charge is 0.447 e. The van der Waals surface area contributed by atoms with Crippen LogP contribution in [0.2, 0.25) is 0 Å². The lowest BCUT2D eigenvalue weighted by molar-refractivity contribution is 0.177. The number of carbonyl (C=O) groups excluding carboxylic acids is 1. The van der Waals surface area contributed by atoms with Crippen LogP contribution >= 0.6 is 0 Å². The Kier molecular flexibility index (Phi) is 4.20. The van der Waals surface area contributed by atoms with Crippen molar-refractivity contribution < 1.29 is 9.53 Å². The minimum Gasteiger partial charge on any atom is -0.447 e. The van der Waals surface area contributed by atoms with Crippen molar-refractivity contribution in [3.63, 3.8) is 0 Å². The lowest BCUT2D eigenvalue weighted by Crippen LogP contribution is -2.18. The van der Waals surface area contributed by atoms with Crippen molar-refractivity contribution in [3.05, 3.63) is 65.2 Å². The van der Waals surface area contributed by atoms with Crippen LogP contribution in [0.1, 0.15) is 22.7 Å². The third kappa shape index (κ3) is 3.64. The molecule has 1 atom stereocenters. The highest BCUT2D eigenvalue weighted by molar-refractivity contribution is 5.70. The van der Waals surface area contributed by atoms with Gasteiger partial charge in [-0.3, -0.25) is 0 Å². The van der Waals surface area contributed by atoms with Gasteiger partial charge >= 0.3 is 6.09 Å². The highest BCUT2D eigenvalue weighted by Gasteiger charge is 2.23. The molecule has 0 unspecified atom stereocenters. The van der Waals surface area contributed by atoms with E-state index in [0.29, 0.717) is 6.61 Å². The van der Waals surface area contributed by atoms with Crippen molar-refractivity contribution in [2.24, 2.45) is 0 Å². The van der Waals surface area contributed by atoms with Crippen molar-refractivity contribution >= 4 is 11.8 Å². The first-order valence-corrected chi connectivity index (χ1v) is 7.44. The van der Waals surface area contributed by atoms with Crippen LogP contribution < -0.4 is 10.2 Å². The molecular formula is C19H18N2O2. The van der Waals surface area contributed by atoms with Crippen molar-refractivity contribution in [2.75, 3.05) is 25.6 Å². The Morgan fingerprint density at radius 3 is 2.43 bits per heavy atom. The van der Waals surface area contributed by atoms with Gasteiger partial charge in [-0.1, -0.05) is 30.0 Å². The first-order valence-electron chi connectivity index (χ1n) is 7.44. The summed E-state index contributed by atoms with van der Waals surface area (Å²) < 4.78 is 4.93. The van der Waals surface area contributed by atoms with E-state index in [1.165, 1.54) is 0 Å². The number of nitrogens with one attached hydrogen (secondary N) is 1. The summed E-state index contributed by atoms with van der Waals surface area (Å²) in [5, 5.41) is 2.78. The lowest BCUT2D eigenvalue weighted by Gasteiger charge is -2.11. The molecule has 4 heteroatoms. The molecule has 3 rings (SSSR count). The summed E-state index contributed by atoms with van der Waals surface area (Å²) in [4.78, 5) is 13.2. The molecule has 0 radical (unpaired) electrons. The van der Waals surface area contributed by atoms with Crippen LogP contribution in [-0.2, 0) is 4.74 Å². The summed E-state index contributed by atoms with van der Waals surface area (Å²) in [5.41, 5.74) is 4.01. The number of anilines is 1. The predicted octanol–water partition coefficient (Wildman–Crippen LogP) is 2.93. The van der Waals surface area contributed by atoms with Gasteiger partial charge in [-0.05, 0) is 35.9 Å². The average molecular weight is 306 g/mol. The van der Waals surface area contributed by atoms with Gasteiger partial charge in [-0.25, -0.2) is 4.79 Å². The quantitative estimate of drug-likeness (QED) is 0.867. The Hall–Kier alpha value is -2.93. The van der Waals surface area contributed by atoms with Gasteiger partial charge in [0.1, 0.15) is 6.61 Å². The van der Waals surface area contributed by atoms with E-state index in [2.05, 4.69) is 34.2 Å². The van der Waals surface area contributed by atoms with E-state index in [-0.39, 0.29) is 12.1 Å². The van der Waals surface area contributed by atoms with Crippen molar-refractivity contribution in [2.45, 2.75) is 6.04 Å². The maximum Gasteiger partial charge on any atom is 0.407 e. The number of nitrogens with zero attached hydrogens (tertiary/aromatic N) is 1. The third-order valence-corrected chi connectivity index (χ3v) is 3.68. The monoisotopic (exact) mass is 306 g/mol. The molecule has 1 amide bonds. The summed E-state index contributed by atoms with van der Waals surface area (Å²) in [6, 6.07) is 15.9. The summed E-state index contributed by atoms with van der Waals surface area (Å²) in [5.74, 6) is 6.37. The molecule has 0 aliphatic carbocycles. The van der Waals surface area contributed by atoms with Gasteiger partial charge in [0, 0.05) is 30.9 Å². The molecule has 1 heterocycles. The fraction of sp³-hybridized carbons (Fsp3) is 0.211. The molecule has 0 saturated carbocycles. The van der Waals surface area contributed by atoms with E-state index in [4.69, 9.17) is 4.74 Å². The molecule has 1 aliphatic heterocycles. The van der Waals surface area contributed by atoms with E-state index in [1.807, 2.05) is 50.5 Å². The van der Waals surface area contributed by atoms with Crippen molar-refractivity contribution in [3.8, 4) is 11.8 Å². The van der Waals surface area contributed by atoms with Crippen LogP contribution in [0.5, 0.6) is 0 Å². The summed E-state index contributed by atoms with van der Waals surface area (Å²) >= 11 is 0. The Morgan fingerprint density at radius 2 is 1.78 bits per heavy atom. The van der Waals surface area contributed by atoms with Gasteiger partial charge in [-0.15, -0.1) is 0 Å². The average Bonchev–Trinajstić information content (AvgIpc) is 3.00. The first kappa shape index (κ1) is 15.0. The molecule has 23 heavy (non-hydrogen) atoms. The molecule has 1 fully saturated rings. The lowest BCUT2D eigenvalue weighted by atomic mass is 10.0. The van der Waals surface area contributed by atoms with E-state index in [1.54, 1.807) is 0 Å². The van der Waals surface area contributed by atoms with Crippen LogP contribution in [0, 0.1) is 11.8 Å². The highest BCUT2D eigenvalue weighted by Crippen LogP contribution is 2.19. The highest BCUT2D eigenvalue weighted by atomic mass is 16.6. The maximum absolute atomic E-state index is 11.1. The number of benzene rings is 2. The van der Waals surface area contributed by atoms with Crippen LogP contribution in [0.3, 0.4) is 0 Å². The molecule has 1 N–H and O–H groups in total. The van der Waals surface area contributed by atoms with Crippen LogP contribution in [-0.4, -0.2) is 26.8 Å². The number of amides is 1. The Labute approximate surface area is 136 Å². The Bertz CT molecular complexity index is 787. The zero-order valence-electron chi connectivity index (χ0n) is 13.2. The zero-order valence-corrected chi connectivity index (χ0v) is 13.2. The minimum atomic E-state index is -0.369. The molecule has 0 spiro atoms. The summed E-state index contributed by atoms with van der Waals surface area (Å²) in [6.07, 6.45) is -0.369. The van der Waals surface area contributed by atoms with E-state index >= 15 is 0 Å². The predicted molar refractivity (Wildman–Crippen MR) is 90.4 cm³/mol. The van der Waals surface area contributed by atoms with Crippen molar-refractivity contribution in [1.82, 2.24) is 5.32 Å².